The molecule has 0 aliphatic carbocycles. The standard InChI is InChI=1S/C26H27N3O4/c1-28-21-10-4-3-9-20(21)27-25(28)18-8-7-15-29(16-18)26(30)24-14-13-19(33-24)17-32-23-12-6-5-11-22(23)31-2/h3-6,9-14,18H,7-8,15-17H2,1-2H3. The van der Waals surface area contributed by atoms with E-state index in [1.165, 1.54) is 0 Å². The second-order valence-electron chi connectivity index (χ2n) is 8.31. The summed E-state index contributed by atoms with van der Waals surface area (Å²) in [5.74, 6) is 3.34. The fraction of sp³-hybridized carbons (Fsp3) is 0.308. The Morgan fingerprint density at radius 2 is 1.88 bits per heavy atom. The third kappa shape index (κ3) is 4.18. The number of aryl methyl sites for hydroxylation is 1. The SMILES string of the molecule is COc1ccccc1OCc1ccc(C(=O)N2CCCC(c3nc4ccccc4n3C)C2)o1. The van der Waals surface area contributed by atoms with Crippen molar-refractivity contribution in [1.29, 1.82) is 0 Å². The van der Waals surface area contributed by atoms with E-state index in [2.05, 4.69) is 10.6 Å². The quantitative estimate of drug-likeness (QED) is 0.427. The largest absolute Gasteiger partial charge is 0.493 e. The van der Waals surface area contributed by atoms with Crippen LogP contribution in [0, 0.1) is 0 Å². The van der Waals surface area contributed by atoms with Gasteiger partial charge in [-0.2, -0.15) is 0 Å². The van der Waals surface area contributed by atoms with Crippen LogP contribution in [-0.2, 0) is 13.7 Å². The van der Waals surface area contributed by atoms with E-state index in [1.807, 2.05) is 54.4 Å². The summed E-state index contributed by atoms with van der Waals surface area (Å²) in [6.07, 6.45) is 1.95. The zero-order valence-corrected chi connectivity index (χ0v) is 18.9. The molecule has 0 N–H and O–H groups in total. The van der Waals surface area contributed by atoms with E-state index in [1.54, 1.807) is 19.2 Å². The van der Waals surface area contributed by atoms with Crippen LogP contribution in [0.2, 0.25) is 0 Å². The number of fused-ring (bicyclic) bond motifs is 1. The van der Waals surface area contributed by atoms with Crippen molar-refractivity contribution in [3.63, 3.8) is 0 Å². The Bertz CT molecular complexity index is 1280. The summed E-state index contributed by atoms with van der Waals surface area (Å²) in [5.41, 5.74) is 2.10. The number of furan rings is 1. The molecule has 0 radical (unpaired) electrons. The van der Waals surface area contributed by atoms with Crippen molar-refractivity contribution in [3.8, 4) is 11.5 Å². The van der Waals surface area contributed by atoms with Gasteiger partial charge in [-0.05, 0) is 49.2 Å². The fourth-order valence-corrected chi connectivity index (χ4v) is 4.51. The highest BCUT2D eigenvalue weighted by molar-refractivity contribution is 5.91. The average Bonchev–Trinajstić information content (AvgIpc) is 3.47. The molecule has 1 saturated heterocycles. The number of rotatable bonds is 6. The summed E-state index contributed by atoms with van der Waals surface area (Å²) in [4.78, 5) is 19.9. The van der Waals surface area contributed by atoms with Crippen LogP contribution >= 0.6 is 0 Å². The van der Waals surface area contributed by atoms with Crippen LogP contribution in [-0.4, -0.2) is 40.6 Å². The summed E-state index contributed by atoms with van der Waals surface area (Å²) < 4.78 is 19.1. The van der Waals surface area contributed by atoms with Crippen molar-refractivity contribution in [3.05, 3.63) is 78.0 Å². The molecule has 2 aromatic carbocycles. The molecule has 1 amide bonds. The molecular weight excluding hydrogens is 418 g/mol. The predicted molar refractivity (Wildman–Crippen MR) is 125 cm³/mol. The van der Waals surface area contributed by atoms with Crippen LogP contribution in [0.5, 0.6) is 11.5 Å². The number of aromatic nitrogens is 2. The molecule has 170 valence electrons. The predicted octanol–water partition coefficient (Wildman–Crippen LogP) is 4.77. The van der Waals surface area contributed by atoms with Crippen molar-refractivity contribution in [2.24, 2.45) is 7.05 Å². The topological polar surface area (TPSA) is 69.7 Å². The van der Waals surface area contributed by atoms with E-state index in [-0.39, 0.29) is 18.4 Å². The first-order valence-corrected chi connectivity index (χ1v) is 11.2. The average molecular weight is 446 g/mol. The number of hydrogen-bond acceptors (Lipinski definition) is 5. The molecule has 0 saturated carbocycles. The Morgan fingerprint density at radius 1 is 1.09 bits per heavy atom. The second kappa shape index (κ2) is 9.02. The van der Waals surface area contributed by atoms with E-state index in [0.717, 1.165) is 29.7 Å². The maximum Gasteiger partial charge on any atom is 0.289 e. The van der Waals surface area contributed by atoms with E-state index in [0.29, 0.717) is 36.1 Å². The van der Waals surface area contributed by atoms with Crippen molar-refractivity contribution in [2.45, 2.75) is 25.4 Å². The van der Waals surface area contributed by atoms with Gasteiger partial charge in [-0.15, -0.1) is 0 Å². The number of carbonyl (C=O) groups is 1. The lowest BCUT2D eigenvalue weighted by Crippen LogP contribution is -2.39. The maximum absolute atomic E-state index is 13.2. The lowest BCUT2D eigenvalue weighted by atomic mass is 9.97. The lowest BCUT2D eigenvalue weighted by Gasteiger charge is -2.31. The number of benzene rings is 2. The summed E-state index contributed by atoms with van der Waals surface area (Å²) in [7, 11) is 3.65. The highest BCUT2D eigenvalue weighted by atomic mass is 16.5. The van der Waals surface area contributed by atoms with Crippen LogP contribution in [0.1, 0.15) is 40.9 Å². The number of imidazole rings is 1. The van der Waals surface area contributed by atoms with Crippen molar-refractivity contribution >= 4 is 16.9 Å². The third-order valence-electron chi connectivity index (χ3n) is 6.21. The van der Waals surface area contributed by atoms with Gasteiger partial charge in [0.25, 0.3) is 5.91 Å². The van der Waals surface area contributed by atoms with Gasteiger partial charge in [0.05, 0.1) is 18.1 Å². The molecule has 1 aliphatic heterocycles. The van der Waals surface area contributed by atoms with Crippen molar-refractivity contribution in [2.75, 3.05) is 20.2 Å². The molecule has 1 atom stereocenters. The number of amides is 1. The van der Waals surface area contributed by atoms with Crippen LogP contribution in [0.4, 0.5) is 0 Å². The molecule has 1 fully saturated rings. The summed E-state index contributed by atoms with van der Waals surface area (Å²) in [6.45, 7) is 1.56. The van der Waals surface area contributed by atoms with Crippen molar-refractivity contribution < 1.29 is 18.7 Å². The van der Waals surface area contributed by atoms with Crippen LogP contribution in [0.3, 0.4) is 0 Å². The molecule has 3 heterocycles. The van der Waals surface area contributed by atoms with Crippen LogP contribution in [0.15, 0.2) is 65.1 Å². The highest BCUT2D eigenvalue weighted by Crippen LogP contribution is 2.30. The molecule has 0 spiro atoms. The first-order chi connectivity index (χ1) is 16.1. The van der Waals surface area contributed by atoms with E-state index < -0.39 is 0 Å². The number of para-hydroxylation sites is 4. The van der Waals surface area contributed by atoms with Gasteiger partial charge in [0.2, 0.25) is 0 Å². The van der Waals surface area contributed by atoms with Gasteiger partial charge in [0.1, 0.15) is 18.2 Å². The van der Waals surface area contributed by atoms with Crippen LogP contribution in [0.25, 0.3) is 11.0 Å². The van der Waals surface area contributed by atoms with Crippen LogP contribution < -0.4 is 9.47 Å². The molecule has 5 rings (SSSR count). The van der Waals surface area contributed by atoms with Gasteiger partial charge >= 0.3 is 0 Å². The van der Waals surface area contributed by atoms with Crippen molar-refractivity contribution in [1.82, 2.24) is 14.5 Å². The minimum Gasteiger partial charge on any atom is -0.493 e. The third-order valence-corrected chi connectivity index (χ3v) is 6.21. The van der Waals surface area contributed by atoms with Gasteiger partial charge in [-0.1, -0.05) is 24.3 Å². The van der Waals surface area contributed by atoms with E-state index in [4.69, 9.17) is 18.9 Å². The fourth-order valence-electron chi connectivity index (χ4n) is 4.51. The Balaban J connectivity index is 1.26. The maximum atomic E-state index is 13.2. The Kier molecular flexibility index (Phi) is 5.77. The van der Waals surface area contributed by atoms with E-state index in [9.17, 15) is 4.79 Å². The summed E-state index contributed by atoms with van der Waals surface area (Å²) in [5, 5.41) is 0. The molecular formula is C26H27N3O4. The molecule has 1 aliphatic rings. The monoisotopic (exact) mass is 445 g/mol. The smallest absolute Gasteiger partial charge is 0.289 e. The molecule has 0 bridgehead atoms. The summed E-state index contributed by atoms with van der Waals surface area (Å²) in [6, 6.07) is 19.1. The zero-order valence-electron chi connectivity index (χ0n) is 18.9. The highest BCUT2D eigenvalue weighted by Gasteiger charge is 2.29. The molecule has 2 aromatic heterocycles. The lowest BCUT2D eigenvalue weighted by molar-refractivity contribution is 0.0667. The number of hydrogen-bond donors (Lipinski definition) is 0. The second-order valence-corrected chi connectivity index (χ2v) is 8.31. The molecule has 33 heavy (non-hydrogen) atoms. The normalized spacial score (nSPS) is 16.2. The molecule has 1 unspecified atom stereocenters. The molecule has 7 heteroatoms. The Hall–Kier alpha value is -3.74. The van der Waals surface area contributed by atoms with E-state index >= 15 is 0 Å². The number of methoxy groups -OCH3 is 1. The van der Waals surface area contributed by atoms with Gasteiger partial charge < -0.3 is 23.4 Å². The number of piperidine rings is 1. The minimum absolute atomic E-state index is 0.0954. The summed E-state index contributed by atoms with van der Waals surface area (Å²) >= 11 is 0. The van der Waals surface area contributed by atoms with Gasteiger partial charge in [-0.25, -0.2) is 4.98 Å². The number of likely N-dealkylation sites (tertiary alicyclic amines) is 1. The van der Waals surface area contributed by atoms with Gasteiger partial charge in [0, 0.05) is 26.1 Å². The minimum atomic E-state index is -0.0954. The molecule has 4 aromatic rings. The number of nitrogens with zero attached hydrogens (tertiary/aromatic N) is 3. The number of ether oxygens (including phenoxy) is 2. The first-order valence-electron chi connectivity index (χ1n) is 11.2. The Morgan fingerprint density at radius 3 is 2.70 bits per heavy atom. The zero-order chi connectivity index (χ0) is 22.8. The Labute approximate surface area is 192 Å². The number of carbonyl (C=O) groups excluding carboxylic acids is 1. The molecule has 7 nitrogen and oxygen atoms in total. The van der Waals surface area contributed by atoms with Gasteiger partial charge in [0.15, 0.2) is 17.3 Å². The van der Waals surface area contributed by atoms with Gasteiger partial charge in [-0.3, -0.25) is 4.79 Å². The first kappa shape index (κ1) is 21.1.